The van der Waals surface area contributed by atoms with Gasteiger partial charge in [-0.1, -0.05) is 19.8 Å². The van der Waals surface area contributed by atoms with Gasteiger partial charge in [0.15, 0.2) is 11.6 Å². The molecule has 1 heterocycles. The molecule has 0 amide bonds. The van der Waals surface area contributed by atoms with Gasteiger partial charge in [0.2, 0.25) is 0 Å². The first-order chi connectivity index (χ1) is 7.74. The number of hydrogen-bond donors (Lipinski definition) is 0. The average Bonchev–Trinajstić information content (AvgIpc) is 2.82. The summed E-state index contributed by atoms with van der Waals surface area (Å²) in [4.78, 5) is 10.0. The first-order valence-electron chi connectivity index (χ1n) is 5.96. The van der Waals surface area contributed by atoms with Crippen molar-refractivity contribution in [2.24, 2.45) is 0 Å². The molecule has 16 heavy (non-hydrogen) atoms. The molecule has 0 bridgehead atoms. The number of halogens is 1. The van der Waals surface area contributed by atoms with Crippen molar-refractivity contribution in [2.45, 2.75) is 45.1 Å². The van der Waals surface area contributed by atoms with Crippen LogP contribution in [0.1, 0.15) is 38.3 Å². The van der Waals surface area contributed by atoms with Crippen LogP contribution in [0.4, 0.5) is 10.2 Å². The van der Waals surface area contributed by atoms with Crippen LogP contribution < -0.4 is 4.90 Å². The Bertz CT molecular complexity index is 361. The number of hydrogen-bond acceptors (Lipinski definition) is 3. The van der Waals surface area contributed by atoms with E-state index in [9.17, 15) is 4.39 Å². The molecule has 0 N–H and O–H groups in total. The molecule has 0 unspecified atom stereocenters. The van der Waals surface area contributed by atoms with Crippen molar-refractivity contribution >= 4 is 5.82 Å². The topological polar surface area (TPSA) is 29.0 Å². The van der Waals surface area contributed by atoms with Crippen LogP contribution in [0.2, 0.25) is 0 Å². The van der Waals surface area contributed by atoms with Crippen molar-refractivity contribution in [3.8, 4) is 0 Å². The van der Waals surface area contributed by atoms with Gasteiger partial charge in [0.1, 0.15) is 6.33 Å². The molecule has 1 aromatic heterocycles. The number of aromatic nitrogens is 2. The fourth-order valence-electron chi connectivity index (χ4n) is 2.35. The number of rotatable bonds is 3. The highest BCUT2D eigenvalue weighted by Crippen LogP contribution is 2.27. The van der Waals surface area contributed by atoms with E-state index in [-0.39, 0.29) is 5.82 Å². The normalized spacial score (nSPS) is 16.7. The van der Waals surface area contributed by atoms with Gasteiger partial charge >= 0.3 is 0 Å². The smallest absolute Gasteiger partial charge is 0.187 e. The van der Waals surface area contributed by atoms with Crippen molar-refractivity contribution in [3.63, 3.8) is 0 Å². The minimum Gasteiger partial charge on any atom is -0.354 e. The van der Waals surface area contributed by atoms with E-state index in [1.54, 1.807) is 0 Å². The predicted octanol–water partition coefficient (Wildman–Crippen LogP) is 2.56. The summed E-state index contributed by atoms with van der Waals surface area (Å²) in [5.74, 6) is 0.207. The van der Waals surface area contributed by atoms with E-state index >= 15 is 0 Å². The van der Waals surface area contributed by atoms with Gasteiger partial charge in [0, 0.05) is 13.1 Å². The van der Waals surface area contributed by atoms with Gasteiger partial charge in [-0.25, -0.2) is 14.4 Å². The van der Waals surface area contributed by atoms with Gasteiger partial charge in [0.25, 0.3) is 0 Å². The van der Waals surface area contributed by atoms with Gasteiger partial charge in [-0.2, -0.15) is 0 Å². The lowest BCUT2D eigenvalue weighted by atomic mass is 10.2. The molecule has 88 valence electrons. The van der Waals surface area contributed by atoms with Gasteiger partial charge in [-0.3, -0.25) is 0 Å². The Morgan fingerprint density at radius 3 is 2.69 bits per heavy atom. The second-order valence-corrected chi connectivity index (χ2v) is 4.36. The minimum absolute atomic E-state index is 0.251. The first kappa shape index (κ1) is 11.3. The Kier molecular flexibility index (Phi) is 3.36. The van der Waals surface area contributed by atoms with Gasteiger partial charge in [-0.05, 0) is 19.3 Å². The van der Waals surface area contributed by atoms with E-state index in [4.69, 9.17) is 0 Å². The lowest BCUT2D eigenvalue weighted by Crippen LogP contribution is -2.30. The molecule has 1 saturated carbocycles. The molecule has 2 rings (SSSR count). The zero-order chi connectivity index (χ0) is 11.5. The molecule has 1 aliphatic carbocycles. The maximum Gasteiger partial charge on any atom is 0.187 e. The van der Waals surface area contributed by atoms with Crippen molar-refractivity contribution in [3.05, 3.63) is 17.8 Å². The fourth-order valence-corrected chi connectivity index (χ4v) is 2.35. The van der Waals surface area contributed by atoms with Crippen molar-refractivity contribution in [2.75, 3.05) is 11.9 Å². The summed E-state index contributed by atoms with van der Waals surface area (Å²) in [5.41, 5.74) is 0.509. The van der Waals surface area contributed by atoms with Gasteiger partial charge in [0.05, 0.1) is 5.69 Å². The lowest BCUT2D eigenvalue weighted by molar-refractivity contribution is 0.566. The monoisotopic (exact) mass is 223 g/mol. The summed E-state index contributed by atoms with van der Waals surface area (Å²) in [6, 6.07) is 0.439. The van der Waals surface area contributed by atoms with Crippen LogP contribution in [0.25, 0.3) is 0 Å². The summed E-state index contributed by atoms with van der Waals surface area (Å²) >= 11 is 0. The standard InChI is InChI=1S/C12H18FN3/c1-3-10-11(13)12(15-8-14-10)16(2)9-6-4-5-7-9/h8-9H,3-7H2,1-2H3. The average molecular weight is 223 g/mol. The van der Waals surface area contributed by atoms with Crippen LogP contribution in [0, 0.1) is 5.82 Å². The Labute approximate surface area is 95.7 Å². The third-order valence-electron chi connectivity index (χ3n) is 3.38. The van der Waals surface area contributed by atoms with E-state index in [0.717, 1.165) is 12.8 Å². The van der Waals surface area contributed by atoms with Gasteiger partial charge < -0.3 is 4.90 Å². The summed E-state index contributed by atoms with van der Waals surface area (Å²) in [7, 11) is 1.93. The predicted molar refractivity (Wildman–Crippen MR) is 62.0 cm³/mol. The molecule has 0 radical (unpaired) electrons. The third kappa shape index (κ3) is 2.01. The summed E-state index contributed by atoms with van der Waals surface area (Å²) < 4.78 is 14.0. The third-order valence-corrected chi connectivity index (χ3v) is 3.38. The Morgan fingerprint density at radius 2 is 2.06 bits per heavy atom. The highest BCUT2D eigenvalue weighted by Gasteiger charge is 2.23. The minimum atomic E-state index is -0.251. The molecule has 0 aromatic carbocycles. The van der Waals surface area contributed by atoms with Crippen LogP contribution in [0.5, 0.6) is 0 Å². The molecular weight excluding hydrogens is 205 g/mol. The van der Waals surface area contributed by atoms with E-state index < -0.39 is 0 Å². The highest BCUT2D eigenvalue weighted by atomic mass is 19.1. The van der Waals surface area contributed by atoms with Crippen molar-refractivity contribution in [1.82, 2.24) is 9.97 Å². The summed E-state index contributed by atoms with van der Waals surface area (Å²) in [6.07, 6.45) is 6.83. The largest absolute Gasteiger partial charge is 0.354 e. The summed E-state index contributed by atoms with van der Waals surface area (Å²) in [6.45, 7) is 1.91. The zero-order valence-corrected chi connectivity index (χ0v) is 9.91. The fraction of sp³-hybridized carbons (Fsp3) is 0.667. The zero-order valence-electron chi connectivity index (χ0n) is 9.91. The van der Waals surface area contributed by atoms with Crippen molar-refractivity contribution in [1.29, 1.82) is 0 Å². The van der Waals surface area contributed by atoms with E-state index in [1.807, 2.05) is 18.9 Å². The lowest BCUT2D eigenvalue weighted by Gasteiger charge is -2.25. The van der Waals surface area contributed by atoms with Crippen LogP contribution in [-0.2, 0) is 6.42 Å². The maximum atomic E-state index is 14.0. The van der Waals surface area contributed by atoms with Crippen molar-refractivity contribution < 1.29 is 4.39 Å². The molecule has 0 aliphatic heterocycles. The summed E-state index contributed by atoms with van der Waals surface area (Å²) in [5, 5.41) is 0. The van der Waals surface area contributed by atoms with E-state index in [2.05, 4.69) is 9.97 Å². The molecule has 3 nitrogen and oxygen atoms in total. The molecule has 1 fully saturated rings. The quantitative estimate of drug-likeness (QED) is 0.788. The van der Waals surface area contributed by atoms with E-state index in [0.29, 0.717) is 24.0 Å². The molecule has 1 aliphatic rings. The van der Waals surface area contributed by atoms with Crippen LogP contribution in [-0.4, -0.2) is 23.1 Å². The van der Waals surface area contributed by atoms with Gasteiger partial charge in [-0.15, -0.1) is 0 Å². The Morgan fingerprint density at radius 1 is 1.38 bits per heavy atom. The molecule has 4 heteroatoms. The highest BCUT2D eigenvalue weighted by molar-refractivity contribution is 5.41. The number of aryl methyl sites for hydroxylation is 1. The molecule has 0 spiro atoms. The van der Waals surface area contributed by atoms with Crippen LogP contribution in [0.15, 0.2) is 6.33 Å². The molecule has 1 aromatic rings. The molecule has 0 saturated heterocycles. The van der Waals surface area contributed by atoms with E-state index in [1.165, 1.54) is 19.2 Å². The van der Waals surface area contributed by atoms with Crippen LogP contribution >= 0.6 is 0 Å². The Balaban J connectivity index is 2.25. The van der Waals surface area contributed by atoms with Crippen LogP contribution in [0.3, 0.4) is 0 Å². The second kappa shape index (κ2) is 4.76. The first-order valence-corrected chi connectivity index (χ1v) is 5.96. The number of nitrogens with zero attached hydrogens (tertiary/aromatic N) is 3. The molecular formula is C12H18FN3. The SMILES string of the molecule is CCc1ncnc(N(C)C2CCCC2)c1F. The Hall–Kier alpha value is -1.19. The maximum absolute atomic E-state index is 14.0. The number of anilines is 1. The molecule has 0 atom stereocenters. The second-order valence-electron chi connectivity index (χ2n) is 4.36.